The van der Waals surface area contributed by atoms with E-state index in [0.717, 1.165) is 19.5 Å². The van der Waals surface area contributed by atoms with E-state index in [9.17, 15) is 0 Å². The lowest BCUT2D eigenvalue weighted by Crippen LogP contribution is -2.14. The molecule has 0 atom stereocenters. The summed E-state index contributed by atoms with van der Waals surface area (Å²) in [4.78, 5) is 10.4. The number of thiazole rings is 1. The van der Waals surface area contributed by atoms with Gasteiger partial charge in [-0.05, 0) is 30.5 Å². The third-order valence-electron chi connectivity index (χ3n) is 3.11. The SMILES string of the molecule is CCCNCc1sc(Cc2cccnc2)nc1C(C)C. The lowest BCUT2D eigenvalue weighted by molar-refractivity contribution is 0.670. The Hall–Kier alpha value is -1.26. The summed E-state index contributed by atoms with van der Waals surface area (Å²) in [6, 6.07) is 4.09. The highest BCUT2D eigenvalue weighted by Crippen LogP contribution is 2.26. The summed E-state index contributed by atoms with van der Waals surface area (Å²) in [6.45, 7) is 8.62. The van der Waals surface area contributed by atoms with Crippen molar-refractivity contribution in [3.8, 4) is 0 Å². The van der Waals surface area contributed by atoms with E-state index < -0.39 is 0 Å². The monoisotopic (exact) mass is 289 g/mol. The number of hydrogen-bond acceptors (Lipinski definition) is 4. The number of nitrogens with zero attached hydrogens (tertiary/aromatic N) is 2. The number of nitrogens with one attached hydrogen (secondary N) is 1. The van der Waals surface area contributed by atoms with Crippen LogP contribution < -0.4 is 5.32 Å². The van der Waals surface area contributed by atoms with Crippen LogP contribution in [0.1, 0.15) is 54.3 Å². The molecule has 0 spiro atoms. The van der Waals surface area contributed by atoms with Gasteiger partial charge in [0.1, 0.15) is 0 Å². The van der Waals surface area contributed by atoms with Crippen molar-refractivity contribution in [1.29, 1.82) is 0 Å². The third-order valence-corrected chi connectivity index (χ3v) is 4.18. The van der Waals surface area contributed by atoms with E-state index in [4.69, 9.17) is 4.98 Å². The first-order chi connectivity index (χ1) is 9.70. The molecule has 0 aromatic carbocycles. The van der Waals surface area contributed by atoms with Gasteiger partial charge in [0, 0.05) is 30.2 Å². The maximum atomic E-state index is 4.83. The minimum Gasteiger partial charge on any atom is -0.312 e. The predicted molar refractivity (Wildman–Crippen MR) is 85.2 cm³/mol. The molecule has 4 heteroatoms. The van der Waals surface area contributed by atoms with Crippen LogP contribution in [-0.2, 0) is 13.0 Å². The van der Waals surface area contributed by atoms with Crippen LogP contribution >= 0.6 is 11.3 Å². The van der Waals surface area contributed by atoms with E-state index in [1.807, 2.05) is 29.8 Å². The number of pyridine rings is 1. The van der Waals surface area contributed by atoms with E-state index in [0.29, 0.717) is 5.92 Å². The molecule has 3 nitrogen and oxygen atoms in total. The Morgan fingerprint density at radius 3 is 2.85 bits per heavy atom. The van der Waals surface area contributed by atoms with Gasteiger partial charge in [-0.15, -0.1) is 11.3 Å². The topological polar surface area (TPSA) is 37.8 Å². The molecule has 0 aliphatic heterocycles. The summed E-state index contributed by atoms with van der Waals surface area (Å²) < 4.78 is 0. The van der Waals surface area contributed by atoms with Crippen molar-refractivity contribution in [3.63, 3.8) is 0 Å². The van der Waals surface area contributed by atoms with Gasteiger partial charge in [0.15, 0.2) is 0 Å². The molecule has 2 aromatic heterocycles. The van der Waals surface area contributed by atoms with Crippen LogP contribution in [0.3, 0.4) is 0 Å². The average molecular weight is 289 g/mol. The summed E-state index contributed by atoms with van der Waals surface area (Å²) in [5.74, 6) is 0.479. The van der Waals surface area contributed by atoms with Gasteiger partial charge in [0.2, 0.25) is 0 Å². The zero-order chi connectivity index (χ0) is 14.4. The van der Waals surface area contributed by atoms with Gasteiger partial charge in [-0.2, -0.15) is 0 Å². The Bertz CT molecular complexity index is 520. The highest BCUT2D eigenvalue weighted by molar-refractivity contribution is 7.11. The van der Waals surface area contributed by atoms with Gasteiger partial charge in [-0.25, -0.2) is 4.98 Å². The number of aromatic nitrogens is 2. The first-order valence-electron chi connectivity index (χ1n) is 7.28. The molecule has 0 unspecified atom stereocenters. The van der Waals surface area contributed by atoms with E-state index in [1.54, 1.807) is 0 Å². The lowest BCUT2D eigenvalue weighted by Gasteiger charge is -2.05. The van der Waals surface area contributed by atoms with Gasteiger partial charge >= 0.3 is 0 Å². The molecule has 20 heavy (non-hydrogen) atoms. The molecule has 0 saturated carbocycles. The molecule has 0 aliphatic carbocycles. The normalized spacial score (nSPS) is 11.2. The second kappa shape index (κ2) is 7.50. The molecule has 0 bridgehead atoms. The fourth-order valence-electron chi connectivity index (χ4n) is 2.12. The Balaban J connectivity index is 2.12. The van der Waals surface area contributed by atoms with Crippen LogP contribution in [0.5, 0.6) is 0 Å². The smallest absolute Gasteiger partial charge is 0.0976 e. The van der Waals surface area contributed by atoms with Gasteiger partial charge in [0.05, 0.1) is 10.7 Å². The minimum absolute atomic E-state index is 0.479. The largest absolute Gasteiger partial charge is 0.312 e. The highest BCUT2D eigenvalue weighted by Gasteiger charge is 2.14. The molecule has 0 radical (unpaired) electrons. The van der Waals surface area contributed by atoms with Crippen molar-refractivity contribution >= 4 is 11.3 Å². The second-order valence-corrected chi connectivity index (χ2v) is 6.45. The van der Waals surface area contributed by atoms with Gasteiger partial charge in [-0.3, -0.25) is 4.98 Å². The molecule has 0 saturated heterocycles. The molecule has 0 amide bonds. The van der Waals surface area contributed by atoms with Crippen LogP contribution in [0.25, 0.3) is 0 Å². The van der Waals surface area contributed by atoms with Crippen molar-refractivity contribution in [2.45, 2.75) is 46.1 Å². The Labute approximate surface area is 125 Å². The number of hydrogen-bond donors (Lipinski definition) is 1. The molecule has 108 valence electrons. The first-order valence-corrected chi connectivity index (χ1v) is 8.10. The minimum atomic E-state index is 0.479. The zero-order valence-corrected chi connectivity index (χ0v) is 13.3. The zero-order valence-electron chi connectivity index (χ0n) is 12.5. The van der Waals surface area contributed by atoms with Gasteiger partial charge in [-0.1, -0.05) is 26.8 Å². The quantitative estimate of drug-likeness (QED) is 0.789. The van der Waals surface area contributed by atoms with Crippen molar-refractivity contribution in [1.82, 2.24) is 15.3 Å². The maximum Gasteiger partial charge on any atom is 0.0976 e. The molecule has 1 N–H and O–H groups in total. The summed E-state index contributed by atoms with van der Waals surface area (Å²) >= 11 is 1.83. The highest BCUT2D eigenvalue weighted by atomic mass is 32.1. The van der Waals surface area contributed by atoms with Crippen LogP contribution in [0.15, 0.2) is 24.5 Å². The second-order valence-electron chi connectivity index (χ2n) is 5.29. The Kier molecular flexibility index (Phi) is 5.68. The molecule has 0 fully saturated rings. The van der Waals surface area contributed by atoms with Crippen LogP contribution in [0.2, 0.25) is 0 Å². The van der Waals surface area contributed by atoms with Crippen LogP contribution in [-0.4, -0.2) is 16.5 Å². The van der Waals surface area contributed by atoms with E-state index in [2.05, 4.69) is 37.1 Å². The van der Waals surface area contributed by atoms with Crippen molar-refractivity contribution in [3.05, 3.63) is 45.7 Å². The fourth-order valence-corrected chi connectivity index (χ4v) is 3.35. The summed E-state index contributed by atoms with van der Waals surface area (Å²) in [5.41, 5.74) is 2.47. The standard InChI is InChI=1S/C16H23N3S/c1-4-7-17-11-14-16(12(2)3)19-15(20-14)9-13-6-5-8-18-10-13/h5-6,8,10,12,17H,4,7,9,11H2,1-3H3. The predicted octanol–water partition coefficient (Wildman–Crippen LogP) is 3.75. The molecule has 2 heterocycles. The third kappa shape index (κ3) is 4.12. The first kappa shape index (κ1) is 15.1. The van der Waals surface area contributed by atoms with Crippen molar-refractivity contribution < 1.29 is 0 Å². The van der Waals surface area contributed by atoms with Gasteiger partial charge in [0.25, 0.3) is 0 Å². The van der Waals surface area contributed by atoms with E-state index in [1.165, 1.54) is 27.6 Å². The number of rotatable bonds is 7. The van der Waals surface area contributed by atoms with Crippen LogP contribution in [0.4, 0.5) is 0 Å². The summed E-state index contributed by atoms with van der Waals surface area (Å²) in [5, 5.41) is 4.67. The Morgan fingerprint density at radius 1 is 1.35 bits per heavy atom. The molecule has 2 rings (SSSR count). The molecule has 0 aliphatic rings. The lowest BCUT2D eigenvalue weighted by atomic mass is 10.1. The average Bonchev–Trinajstić information content (AvgIpc) is 2.83. The maximum absolute atomic E-state index is 4.83. The fraction of sp³-hybridized carbons (Fsp3) is 0.500. The van der Waals surface area contributed by atoms with Crippen molar-refractivity contribution in [2.75, 3.05) is 6.54 Å². The molecular formula is C16H23N3S. The molecule has 2 aromatic rings. The van der Waals surface area contributed by atoms with E-state index >= 15 is 0 Å². The molecular weight excluding hydrogens is 266 g/mol. The summed E-state index contributed by atoms with van der Waals surface area (Å²) in [6.07, 6.45) is 5.78. The van der Waals surface area contributed by atoms with Crippen LogP contribution in [0, 0.1) is 0 Å². The Morgan fingerprint density at radius 2 is 2.20 bits per heavy atom. The summed E-state index contributed by atoms with van der Waals surface area (Å²) in [7, 11) is 0. The van der Waals surface area contributed by atoms with Crippen molar-refractivity contribution in [2.24, 2.45) is 0 Å². The van der Waals surface area contributed by atoms with Gasteiger partial charge < -0.3 is 5.32 Å². The van der Waals surface area contributed by atoms with E-state index in [-0.39, 0.29) is 0 Å².